The molecule has 0 bridgehead atoms. The van der Waals surface area contributed by atoms with Crippen molar-refractivity contribution in [3.05, 3.63) is 47.7 Å². The molecule has 2 N–H and O–H groups in total. The summed E-state index contributed by atoms with van der Waals surface area (Å²) in [5, 5.41) is 6.24. The molecule has 3 rings (SSSR count). The number of nitrogens with zero attached hydrogens (tertiary/aromatic N) is 3. The molecule has 1 aliphatic carbocycles. The third-order valence-corrected chi connectivity index (χ3v) is 4.68. The number of hydrogen-bond acceptors (Lipinski definition) is 5. The highest BCUT2D eigenvalue weighted by atomic mass is 19.2. The Morgan fingerprint density at radius 2 is 1.78 bits per heavy atom. The SMILES string of the molecule is CN(C)c1ccnc(N[C@H]2CC[C@@H](NC(=O)c3ccc(F)c(F)c3)CC2)n1. The number of rotatable bonds is 5. The summed E-state index contributed by atoms with van der Waals surface area (Å²) in [6.45, 7) is 0. The molecule has 6 nitrogen and oxygen atoms in total. The fourth-order valence-corrected chi connectivity index (χ4v) is 3.14. The lowest BCUT2D eigenvalue weighted by Crippen LogP contribution is -2.40. The molecule has 1 heterocycles. The maximum Gasteiger partial charge on any atom is 0.251 e. The van der Waals surface area contributed by atoms with Crippen LogP contribution in [0.1, 0.15) is 36.0 Å². The van der Waals surface area contributed by atoms with Crippen molar-refractivity contribution < 1.29 is 13.6 Å². The predicted molar refractivity (Wildman–Crippen MR) is 99.8 cm³/mol. The average Bonchev–Trinajstić information content (AvgIpc) is 2.65. The van der Waals surface area contributed by atoms with Crippen molar-refractivity contribution in [3.63, 3.8) is 0 Å². The Hall–Kier alpha value is -2.77. The van der Waals surface area contributed by atoms with E-state index >= 15 is 0 Å². The lowest BCUT2D eigenvalue weighted by molar-refractivity contribution is 0.0926. The molecule has 0 radical (unpaired) electrons. The number of aromatic nitrogens is 2. The number of anilines is 2. The Labute approximate surface area is 157 Å². The summed E-state index contributed by atoms with van der Waals surface area (Å²) < 4.78 is 26.3. The third kappa shape index (κ3) is 4.90. The number of hydrogen-bond donors (Lipinski definition) is 2. The van der Waals surface area contributed by atoms with E-state index in [1.54, 1.807) is 6.20 Å². The van der Waals surface area contributed by atoms with Crippen LogP contribution in [0.2, 0.25) is 0 Å². The van der Waals surface area contributed by atoms with Gasteiger partial charge >= 0.3 is 0 Å². The number of nitrogens with one attached hydrogen (secondary N) is 2. The first-order valence-corrected chi connectivity index (χ1v) is 8.95. The molecule has 0 saturated heterocycles. The smallest absolute Gasteiger partial charge is 0.251 e. The van der Waals surface area contributed by atoms with Gasteiger partial charge in [0.25, 0.3) is 5.91 Å². The van der Waals surface area contributed by atoms with E-state index < -0.39 is 11.6 Å². The molecule has 0 unspecified atom stereocenters. The van der Waals surface area contributed by atoms with E-state index in [2.05, 4.69) is 20.6 Å². The van der Waals surface area contributed by atoms with Crippen molar-refractivity contribution in [2.24, 2.45) is 0 Å². The summed E-state index contributed by atoms with van der Waals surface area (Å²) in [6.07, 6.45) is 5.02. The van der Waals surface area contributed by atoms with Gasteiger partial charge in [0.15, 0.2) is 11.6 Å². The van der Waals surface area contributed by atoms with E-state index in [0.717, 1.165) is 43.6 Å². The molecule has 1 saturated carbocycles. The monoisotopic (exact) mass is 375 g/mol. The Balaban J connectivity index is 1.50. The van der Waals surface area contributed by atoms with Crippen LogP contribution in [0.4, 0.5) is 20.5 Å². The highest BCUT2D eigenvalue weighted by molar-refractivity contribution is 5.94. The van der Waals surface area contributed by atoms with Crippen molar-refractivity contribution in [3.8, 4) is 0 Å². The van der Waals surface area contributed by atoms with Crippen LogP contribution in [-0.2, 0) is 0 Å². The van der Waals surface area contributed by atoms with Gasteiger partial charge in [0.2, 0.25) is 5.95 Å². The summed E-state index contributed by atoms with van der Waals surface area (Å²) >= 11 is 0. The van der Waals surface area contributed by atoms with Gasteiger partial charge < -0.3 is 15.5 Å². The minimum absolute atomic E-state index is 0.0118. The minimum atomic E-state index is -1.02. The van der Waals surface area contributed by atoms with Crippen LogP contribution in [0.15, 0.2) is 30.5 Å². The fourth-order valence-electron chi connectivity index (χ4n) is 3.14. The first kappa shape index (κ1) is 19.0. The van der Waals surface area contributed by atoms with Crippen molar-refractivity contribution >= 4 is 17.7 Å². The lowest BCUT2D eigenvalue weighted by atomic mass is 9.91. The third-order valence-electron chi connectivity index (χ3n) is 4.68. The Bertz CT molecular complexity index is 806. The van der Waals surface area contributed by atoms with Crippen molar-refractivity contribution in [1.29, 1.82) is 0 Å². The Morgan fingerprint density at radius 3 is 2.44 bits per heavy atom. The standard InChI is InChI=1S/C19H23F2N5O/c1-26(2)17-9-10-22-19(25-17)24-14-6-4-13(5-7-14)23-18(27)12-3-8-15(20)16(21)11-12/h3,8-11,13-14H,4-7H2,1-2H3,(H,23,27)(H,22,24,25)/t13-,14+. The van der Waals surface area contributed by atoms with Crippen molar-refractivity contribution in [2.45, 2.75) is 37.8 Å². The molecular weight excluding hydrogens is 352 g/mol. The van der Waals surface area contributed by atoms with E-state index in [1.165, 1.54) is 6.07 Å². The number of benzene rings is 1. The lowest BCUT2D eigenvalue weighted by Gasteiger charge is -2.29. The summed E-state index contributed by atoms with van der Waals surface area (Å²) in [5.41, 5.74) is 0.128. The number of carbonyl (C=O) groups is 1. The highest BCUT2D eigenvalue weighted by Crippen LogP contribution is 2.22. The molecule has 0 spiro atoms. The van der Waals surface area contributed by atoms with Crippen LogP contribution in [-0.4, -0.2) is 42.1 Å². The summed E-state index contributed by atoms with van der Waals surface area (Å²) in [4.78, 5) is 22.8. The second-order valence-electron chi connectivity index (χ2n) is 6.93. The van der Waals surface area contributed by atoms with E-state index in [9.17, 15) is 13.6 Å². The summed E-state index contributed by atoms with van der Waals surface area (Å²) in [5.74, 6) is -0.933. The first-order valence-electron chi connectivity index (χ1n) is 8.95. The quantitative estimate of drug-likeness (QED) is 0.841. The predicted octanol–water partition coefficient (Wildman–Crippen LogP) is 2.97. The normalized spacial score (nSPS) is 19.4. The summed E-state index contributed by atoms with van der Waals surface area (Å²) in [7, 11) is 3.85. The van der Waals surface area contributed by atoms with Crippen LogP contribution in [0.25, 0.3) is 0 Å². The zero-order valence-corrected chi connectivity index (χ0v) is 15.4. The number of carbonyl (C=O) groups excluding carboxylic acids is 1. The second kappa shape index (κ2) is 8.28. The van der Waals surface area contributed by atoms with E-state index in [4.69, 9.17) is 0 Å². The molecule has 27 heavy (non-hydrogen) atoms. The highest BCUT2D eigenvalue weighted by Gasteiger charge is 2.23. The zero-order valence-electron chi connectivity index (χ0n) is 15.4. The maximum atomic E-state index is 13.3. The molecule has 2 aromatic rings. The Morgan fingerprint density at radius 1 is 1.07 bits per heavy atom. The maximum absolute atomic E-state index is 13.3. The zero-order chi connectivity index (χ0) is 19.4. The number of amides is 1. The molecule has 0 atom stereocenters. The van der Waals surface area contributed by atoms with Gasteiger partial charge in [0.1, 0.15) is 5.82 Å². The summed E-state index contributed by atoms with van der Waals surface area (Å²) in [6, 6.07) is 5.27. The number of halogens is 2. The van der Waals surface area contributed by atoms with Crippen LogP contribution in [0.3, 0.4) is 0 Å². The molecule has 144 valence electrons. The molecule has 1 amide bonds. The van der Waals surface area contributed by atoms with Gasteiger partial charge in [0.05, 0.1) is 0 Å². The second-order valence-corrected chi connectivity index (χ2v) is 6.93. The molecule has 0 aliphatic heterocycles. The van der Waals surface area contributed by atoms with Crippen LogP contribution in [0, 0.1) is 11.6 Å². The van der Waals surface area contributed by atoms with Gasteiger partial charge in [-0.15, -0.1) is 0 Å². The van der Waals surface area contributed by atoms with Crippen LogP contribution in [0.5, 0.6) is 0 Å². The Kier molecular flexibility index (Phi) is 5.83. The topological polar surface area (TPSA) is 70.2 Å². The molecular formula is C19H23F2N5O. The van der Waals surface area contributed by atoms with E-state index in [-0.39, 0.29) is 23.6 Å². The average molecular weight is 375 g/mol. The van der Waals surface area contributed by atoms with E-state index in [0.29, 0.717) is 5.95 Å². The van der Waals surface area contributed by atoms with Crippen molar-refractivity contribution in [1.82, 2.24) is 15.3 Å². The van der Waals surface area contributed by atoms with Gasteiger partial charge in [0, 0.05) is 37.9 Å². The van der Waals surface area contributed by atoms with Crippen LogP contribution >= 0.6 is 0 Å². The fraction of sp³-hybridized carbons (Fsp3) is 0.421. The van der Waals surface area contributed by atoms with Gasteiger partial charge in [-0.2, -0.15) is 4.98 Å². The molecule has 8 heteroatoms. The minimum Gasteiger partial charge on any atom is -0.363 e. The van der Waals surface area contributed by atoms with Gasteiger partial charge in [-0.25, -0.2) is 13.8 Å². The first-order chi connectivity index (χ1) is 12.9. The largest absolute Gasteiger partial charge is 0.363 e. The van der Waals surface area contributed by atoms with Gasteiger partial charge in [-0.1, -0.05) is 0 Å². The van der Waals surface area contributed by atoms with Gasteiger partial charge in [-0.3, -0.25) is 4.79 Å². The molecule has 1 fully saturated rings. The van der Waals surface area contributed by atoms with Crippen LogP contribution < -0.4 is 15.5 Å². The van der Waals surface area contributed by atoms with Gasteiger partial charge in [-0.05, 0) is 49.9 Å². The van der Waals surface area contributed by atoms with Crippen molar-refractivity contribution in [2.75, 3.05) is 24.3 Å². The molecule has 1 aromatic heterocycles. The molecule has 1 aliphatic rings. The molecule has 1 aromatic carbocycles. The van der Waals surface area contributed by atoms with E-state index in [1.807, 2.05) is 25.1 Å².